The van der Waals surface area contributed by atoms with Gasteiger partial charge in [0, 0.05) is 16.1 Å². The lowest BCUT2D eigenvalue weighted by Gasteiger charge is -2.31. The normalized spacial score (nSPS) is 21.0. The first-order valence-electron chi connectivity index (χ1n) is 9.55. The van der Waals surface area contributed by atoms with Crippen LogP contribution in [-0.2, 0) is 28.0 Å². The molecule has 1 fully saturated rings. The fraction of sp³-hybridized carbons (Fsp3) is 0.381. The zero-order valence-electron chi connectivity index (χ0n) is 16.0. The van der Waals surface area contributed by atoms with Gasteiger partial charge in [-0.25, -0.2) is 4.79 Å². The number of imide groups is 1. The molecule has 1 spiro atoms. The molecule has 2 heterocycles. The lowest BCUT2D eigenvalue weighted by molar-refractivity contribution is -0.134. The predicted molar refractivity (Wildman–Crippen MR) is 108 cm³/mol. The van der Waals surface area contributed by atoms with Gasteiger partial charge in [-0.05, 0) is 55.2 Å². The Morgan fingerprint density at radius 3 is 2.93 bits per heavy atom. The van der Waals surface area contributed by atoms with Crippen molar-refractivity contribution in [2.75, 3.05) is 11.9 Å². The molecule has 2 aliphatic rings. The quantitative estimate of drug-likeness (QED) is 0.777. The topological polar surface area (TPSA) is 78.5 Å². The number of carbonyl (C=O) groups is 3. The predicted octanol–water partition coefficient (Wildman–Crippen LogP) is 3.34. The highest BCUT2D eigenvalue weighted by Crippen LogP contribution is 2.42. The molecule has 4 amide bonds. The fourth-order valence-electron chi connectivity index (χ4n) is 4.21. The van der Waals surface area contributed by atoms with E-state index in [0.717, 1.165) is 51.4 Å². The number of para-hydroxylation sites is 1. The molecule has 2 N–H and O–H groups in total. The van der Waals surface area contributed by atoms with Gasteiger partial charge in [0.05, 0.1) is 0 Å². The van der Waals surface area contributed by atoms with Crippen molar-refractivity contribution in [2.24, 2.45) is 0 Å². The van der Waals surface area contributed by atoms with Crippen molar-refractivity contribution in [1.82, 2.24) is 10.2 Å². The number of amides is 4. The maximum absolute atomic E-state index is 13.2. The van der Waals surface area contributed by atoms with E-state index in [-0.39, 0.29) is 18.4 Å². The lowest BCUT2D eigenvalue weighted by atomic mass is 9.80. The SMILES string of the molecule is CCc1cccc(C)c1NC(=O)CN1C(=O)N[C@]2(CCCc3sccc32)C1=O. The van der Waals surface area contributed by atoms with Crippen LogP contribution in [-0.4, -0.2) is 29.3 Å². The van der Waals surface area contributed by atoms with Gasteiger partial charge in [0.15, 0.2) is 0 Å². The molecule has 1 atom stereocenters. The van der Waals surface area contributed by atoms with Gasteiger partial charge in [-0.2, -0.15) is 0 Å². The van der Waals surface area contributed by atoms with Crippen molar-refractivity contribution >= 4 is 34.9 Å². The van der Waals surface area contributed by atoms with Gasteiger partial charge in [0.2, 0.25) is 5.91 Å². The third kappa shape index (κ3) is 2.90. The second-order valence-corrected chi connectivity index (χ2v) is 8.35. The molecule has 1 saturated heterocycles. The summed E-state index contributed by atoms with van der Waals surface area (Å²) in [4.78, 5) is 40.6. The summed E-state index contributed by atoms with van der Waals surface area (Å²) in [7, 11) is 0. The number of nitrogens with zero attached hydrogens (tertiary/aromatic N) is 1. The first-order chi connectivity index (χ1) is 13.5. The number of fused-ring (bicyclic) bond motifs is 2. The van der Waals surface area contributed by atoms with E-state index in [2.05, 4.69) is 10.6 Å². The van der Waals surface area contributed by atoms with Crippen LogP contribution in [0.4, 0.5) is 10.5 Å². The Hall–Kier alpha value is -2.67. The van der Waals surface area contributed by atoms with Crippen LogP contribution in [0.2, 0.25) is 0 Å². The van der Waals surface area contributed by atoms with Crippen molar-refractivity contribution < 1.29 is 14.4 Å². The molecule has 28 heavy (non-hydrogen) atoms. The van der Waals surface area contributed by atoms with E-state index in [1.54, 1.807) is 11.3 Å². The molecule has 146 valence electrons. The van der Waals surface area contributed by atoms with Crippen molar-refractivity contribution in [2.45, 2.75) is 45.1 Å². The van der Waals surface area contributed by atoms with Crippen LogP contribution in [0, 0.1) is 6.92 Å². The van der Waals surface area contributed by atoms with Gasteiger partial charge in [-0.3, -0.25) is 14.5 Å². The third-order valence-corrected chi connectivity index (χ3v) is 6.62. The molecular formula is C21H23N3O3S. The van der Waals surface area contributed by atoms with Crippen LogP contribution in [0.5, 0.6) is 0 Å². The molecule has 4 rings (SSSR count). The van der Waals surface area contributed by atoms with Gasteiger partial charge in [-0.15, -0.1) is 11.3 Å². The first kappa shape index (κ1) is 18.7. The van der Waals surface area contributed by atoms with E-state index < -0.39 is 11.6 Å². The van der Waals surface area contributed by atoms with Gasteiger partial charge in [-0.1, -0.05) is 25.1 Å². The number of benzene rings is 1. The second kappa shape index (κ2) is 7.05. The zero-order chi connectivity index (χ0) is 19.9. The highest BCUT2D eigenvalue weighted by Gasteiger charge is 2.54. The summed E-state index contributed by atoms with van der Waals surface area (Å²) in [6.07, 6.45) is 3.11. The fourth-order valence-corrected chi connectivity index (χ4v) is 5.21. The minimum Gasteiger partial charge on any atom is -0.324 e. The van der Waals surface area contributed by atoms with Crippen molar-refractivity contribution in [1.29, 1.82) is 0 Å². The standard InChI is InChI=1S/C21H23N3O3S/c1-3-14-7-4-6-13(2)18(14)22-17(25)12-24-19(26)21(23-20(24)27)10-5-8-16-15(21)9-11-28-16/h4,6-7,9,11H,3,5,8,10,12H2,1-2H3,(H,22,25)(H,23,27)/t21-/m0/s1. The van der Waals surface area contributed by atoms with Crippen molar-refractivity contribution in [3.63, 3.8) is 0 Å². The molecule has 7 heteroatoms. The van der Waals surface area contributed by atoms with E-state index in [0.29, 0.717) is 6.42 Å². The average molecular weight is 398 g/mol. The number of thiophene rings is 1. The van der Waals surface area contributed by atoms with E-state index in [4.69, 9.17) is 0 Å². The van der Waals surface area contributed by atoms with Gasteiger partial charge in [0.1, 0.15) is 12.1 Å². The summed E-state index contributed by atoms with van der Waals surface area (Å²) >= 11 is 1.61. The molecule has 6 nitrogen and oxygen atoms in total. The number of hydrogen-bond acceptors (Lipinski definition) is 4. The van der Waals surface area contributed by atoms with Crippen LogP contribution in [0.15, 0.2) is 29.6 Å². The zero-order valence-corrected chi connectivity index (χ0v) is 16.8. The van der Waals surface area contributed by atoms with Crippen molar-refractivity contribution in [3.8, 4) is 0 Å². The smallest absolute Gasteiger partial charge is 0.324 e. The Morgan fingerprint density at radius 1 is 1.32 bits per heavy atom. The van der Waals surface area contributed by atoms with Crippen LogP contribution < -0.4 is 10.6 Å². The maximum Gasteiger partial charge on any atom is 0.325 e. The van der Waals surface area contributed by atoms with Gasteiger partial charge >= 0.3 is 6.03 Å². The molecule has 2 aromatic rings. The van der Waals surface area contributed by atoms with Crippen LogP contribution in [0.3, 0.4) is 0 Å². The third-order valence-electron chi connectivity index (χ3n) is 5.64. The summed E-state index contributed by atoms with van der Waals surface area (Å²) in [5, 5.41) is 7.73. The minimum atomic E-state index is -1.01. The highest BCUT2D eigenvalue weighted by molar-refractivity contribution is 7.10. The number of nitrogens with one attached hydrogen (secondary N) is 2. The van der Waals surface area contributed by atoms with Gasteiger partial charge in [0.25, 0.3) is 5.91 Å². The Labute approximate surface area is 167 Å². The minimum absolute atomic E-state index is 0.288. The summed E-state index contributed by atoms with van der Waals surface area (Å²) < 4.78 is 0. The molecule has 0 bridgehead atoms. The summed E-state index contributed by atoms with van der Waals surface area (Å²) in [6, 6.07) is 7.26. The number of hydrogen-bond donors (Lipinski definition) is 2. The molecule has 1 aromatic heterocycles. The molecule has 0 unspecified atom stereocenters. The summed E-state index contributed by atoms with van der Waals surface area (Å²) in [5.74, 6) is -0.696. The van der Waals surface area contributed by atoms with Crippen LogP contribution in [0.25, 0.3) is 0 Å². The number of urea groups is 1. The maximum atomic E-state index is 13.2. The highest BCUT2D eigenvalue weighted by atomic mass is 32.1. The molecular weight excluding hydrogens is 374 g/mol. The Balaban J connectivity index is 1.55. The number of anilines is 1. The van der Waals surface area contributed by atoms with Crippen molar-refractivity contribution in [3.05, 3.63) is 51.2 Å². The number of carbonyl (C=O) groups excluding carboxylic acids is 3. The Bertz CT molecular complexity index is 968. The summed E-state index contributed by atoms with van der Waals surface area (Å²) in [5.41, 5.74) is 2.61. The van der Waals surface area contributed by atoms with E-state index in [9.17, 15) is 14.4 Å². The molecule has 0 radical (unpaired) electrons. The summed E-state index contributed by atoms with van der Waals surface area (Å²) in [6.45, 7) is 3.66. The molecule has 1 aliphatic heterocycles. The largest absolute Gasteiger partial charge is 0.325 e. The average Bonchev–Trinajstić information content (AvgIpc) is 3.24. The van der Waals surface area contributed by atoms with Crippen LogP contribution in [0.1, 0.15) is 41.3 Å². The number of aryl methyl sites for hydroxylation is 3. The van der Waals surface area contributed by atoms with Gasteiger partial charge < -0.3 is 10.6 Å². The number of rotatable bonds is 4. The van der Waals surface area contributed by atoms with Crippen LogP contribution >= 0.6 is 11.3 Å². The lowest BCUT2D eigenvalue weighted by Crippen LogP contribution is -2.46. The van der Waals surface area contributed by atoms with E-state index in [1.165, 1.54) is 0 Å². The Kier molecular flexibility index (Phi) is 4.71. The van der Waals surface area contributed by atoms with E-state index in [1.807, 2.05) is 43.5 Å². The second-order valence-electron chi connectivity index (χ2n) is 7.35. The van der Waals surface area contributed by atoms with E-state index >= 15 is 0 Å². The molecule has 0 saturated carbocycles. The molecule has 1 aromatic carbocycles. The molecule has 1 aliphatic carbocycles. The Morgan fingerprint density at radius 2 is 2.14 bits per heavy atom. The monoisotopic (exact) mass is 397 g/mol. The first-order valence-corrected chi connectivity index (χ1v) is 10.4.